The fourth-order valence-corrected chi connectivity index (χ4v) is 3.13. The first-order valence-corrected chi connectivity index (χ1v) is 8.07. The average Bonchev–Trinajstić information content (AvgIpc) is 3.05. The van der Waals surface area contributed by atoms with E-state index in [1.807, 2.05) is 24.3 Å². The van der Waals surface area contributed by atoms with E-state index in [1.54, 1.807) is 0 Å². The lowest BCUT2D eigenvalue weighted by atomic mass is 10.2. The quantitative estimate of drug-likeness (QED) is 0.771. The van der Waals surface area contributed by atoms with Crippen LogP contribution >= 0.6 is 0 Å². The number of ether oxygens (including phenoxy) is 1. The van der Waals surface area contributed by atoms with E-state index >= 15 is 0 Å². The van der Waals surface area contributed by atoms with Crippen LogP contribution < -0.4 is 10.5 Å². The van der Waals surface area contributed by atoms with Crippen LogP contribution in [0, 0.1) is 0 Å². The van der Waals surface area contributed by atoms with Gasteiger partial charge in [0.25, 0.3) is 0 Å². The Bertz CT molecular complexity index is 419. The van der Waals surface area contributed by atoms with Crippen molar-refractivity contribution in [3.63, 3.8) is 0 Å². The Kier molecular flexibility index (Phi) is 6.49. The number of hydrogen-bond acceptors (Lipinski definition) is 4. The van der Waals surface area contributed by atoms with E-state index in [9.17, 15) is 5.11 Å². The van der Waals surface area contributed by atoms with Crippen LogP contribution in [0.5, 0.6) is 5.75 Å². The number of benzene rings is 1. The van der Waals surface area contributed by atoms with Crippen molar-refractivity contribution >= 4 is 0 Å². The van der Waals surface area contributed by atoms with Crippen LogP contribution in [-0.4, -0.2) is 41.8 Å². The van der Waals surface area contributed by atoms with E-state index in [0.29, 0.717) is 25.7 Å². The molecule has 21 heavy (non-hydrogen) atoms. The molecule has 0 saturated heterocycles. The molecule has 0 aliphatic heterocycles. The molecule has 118 valence electrons. The van der Waals surface area contributed by atoms with Gasteiger partial charge in [-0.25, -0.2) is 0 Å². The molecule has 1 aromatic rings. The van der Waals surface area contributed by atoms with Gasteiger partial charge in [-0.05, 0) is 25.5 Å². The molecule has 1 saturated carbocycles. The fraction of sp³-hybridized carbons (Fsp3) is 0.647. The Morgan fingerprint density at radius 2 is 2.05 bits per heavy atom. The Morgan fingerprint density at radius 1 is 1.33 bits per heavy atom. The minimum atomic E-state index is -0.462. The highest BCUT2D eigenvalue weighted by molar-refractivity contribution is 5.32. The molecule has 4 heteroatoms. The molecule has 1 aliphatic rings. The van der Waals surface area contributed by atoms with Crippen LogP contribution in [0.15, 0.2) is 24.3 Å². The summed E-state index contributed by atoms with van der Waals surface area (Å²) in [6.07, 6.45) is 4.70. The number of likely N-dealkylation sites (N-methyl/N-ethyl adjacent to an activating group) is 1. The van der Waals surface area contributed by atoms with Crippen LogP contribution in [0.1, 0.15) is 38.2 Å². The van der Waals surface area contributed by atoms with Gasteiger partial charge in [-0.15, -0.1) is 0 Å². The zero-order valence-corrected chi connectivity index (χ0v) is 13.0. The molecule has 0 radical (unpaired) electrons. The second-order valence-corrected chi connectivity index (χ2v) is 5.80. The minimum Gasteiger partial charge on any atom is -0.491 e. The largest absolute Gasteiger partial charge is 0.491 e. The Labute approximate surface area is 127 Å². The Balaban J connectivity index is 1.82. The maximum absolute atomic E-state index is 10.2. The Morgan fingerprint density at radius 3 is 2.71 bits per heavy atom. The molecule has 1 fully saturated rings. The summed E-state index contributed by atoms with van der Waals surface area (Å²) in [4.78, 5) is 2.38. The third kappa shape index (κ3) is 4.70. The normalized spacial score (nSPS) is 17.3. The number of para-hydroxylation sites is 1. The van der Waals surface area contributed by atoms with Crippen molar-refractivity contribution in [1.82, 2.24) is 4.90 Å². The lowest BCUT2D eigenvalue weighted by Crippen LogP contribution is -2.41. The molecule has 4 nitrogen and oxygen atoms in total. The molecular formula is C17H28N2O2. The predicted molar refractivity (Wildman–Crippen MR) is 85.3 cm³/mol. The summed E-state index contributed by atoms with van der Waals surface area (Å²) >= 11 is 0. The van der Waals surface area contributed by atoms with Crippen molar-refractivity contribution < 1.29 is 9.84 Å². The number of aliphatic hydroxyl groups excluding tert-OH is 1. The Hall–Kier alpha value is -1.10. The van der Waals surface area contributed by atoms with Crippen molar-refractivity contribution in [1.29, 1.82) is 0 Å². The lowest BCUT2D eigenvalue weighted by molar-refractivity contribution is 0.0548. The molecule has 0 aromatic heterocycles. The molecule has 1 aliphatic carbocycles. The standard InChI is InChI=1S/C17H28N2O2/c1-2-19(15-8-4-5-9-15)12-16(20)13-21-17-10-6-3-7-14(17)11-18/h3,6-7,10,15-16,20H,2,4-5,8-9,11-13,18H2,1H3. The molecule has 0 amide bonds. The number of nitrogens with zero attached hydrogens (tertiary/aromatic N) is 1. The maximum Gasteiger partial charge on any atom is 0.123 e. The summed E-state index contributed by atoms with van der Waals surface area (Å²) in [5.74, 6) is 0.781. The SMILES string of the molecule is CCN(CC(O)COc1ccccc1CN)C1CCCC1. The third-order valence-corrected chi connectivity index (χ3v) is 4.32. The summed E-state index contributed by atoms with van der Waals surface area (Å²) in [5, 5.41) is 10.2. The molecule has 1 atom stereocenters. The number of nitrogens with two attached hydrogens (primary N) is 1. The van der Waals surface area contributed by atoms with E-state index in [-0.39, 0.29) is 0 Å². The number of hydrogen-bond donors (Lipinski definition) is 2. The maximum atomic E-state index is 10.2. The monoisotopic (exact) mass is 292 g/mol. The van der Waals surface area contributed by atoms with Gasteiger partial charge in [-0.1, -0.05) is 38.0 Å². The van der Waals surface area contributed by atoms with Crippen molar-refractivity contribution in [2.75, 3.05) is 19.7 Å². The summed E-state index contributed by atoms with van der Waals surface area (Å²) in [7, 11) is 0. The summed E-state index contributed by atoms with van der Waals surface area (Å²) < 4.78 is 5.74. The van der Waals surface area contributed by atoms with Gasteiger partial charge in [-0.2, -0.15) is 0 Å². The van der Waals surface area contributed by atoms with E-state index in [1.165, 1.54) is 25.7 Å². The van der Waals surface area contributed by atoms with Crippen LogP contribution in [0.4, 0.5) is 0 Å². The summed E-state index contributed by atoms with van der Waals surface area (Å²) in [6, 6.07) is 8.38. The van der Waals surface area contributed by atoms with Gasteiger partial charge >= 0.3 is 0 Å². The molecule has 0 bridgehead atoms. The molecule has 0 spiro atoms. The summed E-state index contributed by atoms with van der Waals surface area (Å²) in [6.45, 7) is 4.61. The van der Waals surface area contributed by atoms with Gasteiger partial charge in [0, 0.05) is 24.7 Å². The first kappa shape index (κ1) is 16.3. The third-order valence-electron chi connectivity index (χ3n) is 4.32. The average molecular weight is 292 g/mol. The van der Waals surface area contributed by atoms with Gasteiger partial charge in [-0.3, -0.25) is 4.90 Å². The highest BCUT2D eigenvalue weighted by Gasteiger charge is 2.23. The fourth-order valence-electron chi connectivity index (χ4n) is 3.13. The smallest absolute Gasteiger partial charge is 0.123 e. The number of rotatable bonds is 8. The highest BCUT2D eigenvalue weighted by atomic mass is 16.5. The second-order valence-electron chi connectivity index (χ2n) is 5.80. The van der Waals surface area contributed by atoms with Crippen molar-refractivity contribution in [2.45, 2.75) is 51.3 Å². The lowest BCUT2D eigenvalue weighted by Gasteiger charge is -2.29. The van der Waals surface area contributed by atoms with Crippen LogP contribution in [0.2, 0.25) is 0 Å². The molecule has 1 aromatic carbocycles. The van der Waals surface area contributed by atoms with Gasteiger partial charge in [0.2, 0.25) is 0 Å². The van der Waals surface area contributed by atoms with E-state index < -0.39 is 6.10 Å². The van der Waals surface area contributed by atoms with E-state index in [0.717, 1.165) is 17.9 Å². The van der Waals surface area contributed by atoms with Gasteiger partial charge in [0.1, 0.15) is 18.5 Å². The zero-order chi connectivity index (χ0) is 15.1. The van der Waals surface area contributed by atoms with Gasteiger partial charge in [0.05, 0.1) is 0 Å². The first-order chi connectivity index (χ1) is 10.2. The topological polar surface area (TPSA) is 58.7 Å². The molecule has 0 heterocycles. The molecule has 2 rings (SSSR count). The molecule has 3 N–H and O–H groups in total. The minimum absolute atomic E-state index is 0.320. The van der Waals surface area contributed by atoms with Gasteiger partial charge < -0.3 is 15.6 Å². The second kappa shape index (κ2) is 8.37. The van der Waals surface area contributed by atoms with E-state index in [2.05, 4.69) is 11.8 Å². The highest BCUT2D eigenvalue weighted by Crippen LogP contribution is 2.23. The number of aliphatic hydroxyl groups is 1. The van der Waals surface area contributed by atoms with Crippen LogP contribution in [0.25, 0.3) is 0 Å². The zero-order valence-electron chi connectivity index (χ0n) is 13.0. The molecule has 1 unspecified atom stereocenters. The predicted octanol–water partition coefficient (Wildman–Crippen LogP) is 2.15. The van der Waals surface area contributed by atoms with Crippen molar-refractivity contribution in [3.8, 4) is 5.75 Å². The van der Waals surface area contributed by atoms with Gasteiger partial charge in [0.15, 0.2) is 0 Å². The van der Waals surface area contributed by atoms with Crippen LogP contribution in [-0.2, 0) is 6.54 Å². The van der Waals surface area contributed by atoms with Crippen molar-refractivity contribution in [3.05, 3.63) is 29.8 Å². The van der Waals surface area contributed by atoms with Crippen LogP contribution in [0.3, 0.4) is 0 Å². The van der Waals surface area contributed by atoms with E-state index in [4.69, 9.17) is 10.5 Å². The first-order valence-electron chi connectivity index (χ1n) is 8.07. The van der Waals surface area contributed by atoms with Crippen molar-refractivity contribution in [2.24, 2.45) is 5.73 Å². The molecular weight excluding hydrogens is 264 g/mol. The summed E-state index contributed by atoms with van der Waals surface area (Å²) in [5.41, 5.74) is 6.67.